The zero-order valence-electron chi connectivity index (χ0n) is 45.8. The SMILES string of the molecule is C=C(CCCCCCCCCCCC)C(=O)O.C=CC(=O)O.C=CC(=O)O.C=CC(=O)OC1CCCCC1.C=CC(=O)OCCCC.C=CC(=O)OCCCCC#N.C=CC(=O)Oc1ccc(C(=O)OCCCC)cc1. The van der Waals surface area contributed by atoms with E-state index < -0.39 is 29.8 Å². The van der Waals surface area contributed by atoms with Gasteiger partial charge in [-0.15, -0.1) is 0 Å². The molecule has 0 unspecified atom stereocenters. The molecule has 0 aromatic heterocycles. The molecule has 0 atom stereocenters. The number of carbonyl (C=O) groups is 8. The van der Waals surface area contributed by atoms with Gasteiger partial charge in [0.1, 0.15) is 11.9 Å². The van der Waals surface area contributed by atoms with Crippen molar-refractivity contribution in [3.05, 3.63) is 118 Å². The summed E-state index contributed by atoms with van der Waals surface area (Å²) in [6.07, 6.45) is 31.4. The van der Waals surface area contributed by atoms with Gasteiger partial charge >= 0.3 is 47.8 Å². The second kappa shape index (κ2) is 60.2. The lowest BCUT2D eigenvalue weighted by molar-refractivity contribution is -0.144. The molecule has 1 fully saturated rings. The Morgan fingerprint density at radius 2 is 0.947 bits per heavy atom. The number of nitrogens with zero attached hydrogens (tertiary/aromatic N) is 1. The van der Waals surface area contributed by atoms with Gasteiger partial charge in [0.25, 0.3) is 0 Å². The minimum atomic E-state index is -0.981. The third-order valence-corrected chi connectivity index (χ3v) is 9.69. The number of esters is 5. The maximum absolute atomic E-state index is 11.6. The Morgan fingerprint density at radius 3 is 1.34 bits per heavy atom. The lowest BCUT2D eigenvalue weighted by atomic mass is 9.98. The van der Waals surface area contributed by atoms with Crippen LogP contribution in [0.3, 0.4) is 0 Å². The molecule has 17 nitrogen and oxygen atoms in total. The van der Waals surface area contributed by atoms with Gasteiger partial charge in [0.15, 0.2) is 0 Å². The summed E-state index contributed by atoms with van der Waals surface area (Å²) in [4.78, 5) is 83.0. The first-order valence-electron chi connectivity index (χ1n) is 25.9. The number of hydrogen-bond donors (Lipinski definition) is 3. The molecule has 3 N–H and O–H groups in total. The molecule has 1 aliphatic rings. The maximum Gasteiger partial charge on any atom is 0.338 e. The van der Waals surface area contributed by atoms with E-state index in [1.807, 2.05) is 19.9 Å². The lowest BCUT2D eigenvalue weighted by Gasteiger charge is -2.20. The number of carboxylic acid groups (broad SMARTS) is 3. The first-order chi connectivity index (χ1) is 36.3. The van der Waals surface area contributed by atoms with Crippen LogP contribution in [0.4, 0.5) is 0 Å². The molecule has 0 heterocycles. The van der Waals surface area contributed by atoms with Crippen LogP contribution >= 0.6 is 0 Å². The van der Waals surface area contributed by atoms with Crippen LogP contribution in [0.25, 0.3) is 0 Å². The average Bonchev–Trinajstić information content (AvgIpc) is 3.42. The fraction of sp³-hybridized carbons (Fsp3) is 0.508. The molecule has 1 saturated carbocycles. The zero-order chi connectivity index (χ0) is 58.6. The van der Waals surface area contributed by atoms with Crippen molar-refractivity contribution in [2.75, 3.05) is 19.8 Å². The standard InChI is InChI=1S/C15H28O2.C14H16O4.C9H14O2.C8H11NO2.C7H12O2.2C3H4O2/c1-3-4-5-6-7-8-9-10-11-12-13-14(2)15(16)17;1-3-5-10-17-14(16)11-6-8-12(9-7-11)18-13(15)4-2;1-2-9(10)11-8-6-4-3-5-7-8;1-2-8(10)11-7-5-3-4-6-9;1-3-5-6-9-7(8)4-2;2*1-2-3(4)5/h2-13H2,1H3,(H,16,17);4,6-9H,2-3,5,10H2,1H3;2,8H,1,3-7H2;2H,1,3-5,7H2;4H,2-3,5-6H2,1H3;2*2H,1H2,(H,4,5). The summed E-state index contributed by atoms with van der Waals surface area (Å²) in [7, 11) is 0. The Morgan fingerprint density at radius 1 is 0.539 bits per heavy atom. The number of ether oxygens (including phenoxy) is 5. The summed E-state index contributed by atoms with van der Waals surface area (Å²) in [6.45, 7) is 30.2. The van der Waals surface area contributed by atoms with E-state index in [1.54, 1.807) is 12.1 Å². The summed E-state index contributed by atoms with van der Waals surface area (Å²) >= 11 is 0. The van der Waals surface area contributed by atoms with E-state index in [2.05, 4.69) is 62.5 Å². The minimum absolute atomic E-state index is 0.161. The van der Waals surface area contributed by atoms with E-state index in [1.165, 1.54) is 94.9 Å². The van der Waals surface area contributed by atoms with Crippen molar-refractivity contribution < 1.29 is 77.4 Å². The number of nitriles is 1. The predicted molar refractivity (Wildman–Crippen MR) is 296 cm³/mol. The number of carboxylic acids is 3. The Kier molecular flexibility index (Phi) is 61.4. The van der Waals surface area contributed by atoms with E-state index in [0.717, 1.165) is 88.5 Å². The molecule has 1 aromatic rings. The molecule has 76 heavy (non-hydrogen) atoms. The monoisotopic (exact) mass is 1070 g/mol. The predicted octanol–water partition coefficient (Wildman–Crippen LogP) is 13.2. The van der Waals surface area contributed by atoms with Crippen LogP contribution in [0.5, 0.6) is 5.75 Å². The quantitative estimate of drug-likeness (QED) is 0.0205. The summed E-state index contributed by atoms with van der Waals surface area (Å²) < 4.78 is 24.4. The van der Waals surface area contributed by atoms with Crippen molar-refractivity contribution >= 4 is 47.8 Å². The van der Waals surface area contributed by atoms with Crippen molar-refractivity contribution in [1.82, 2.24) is 0 Å². The van der Waals surface area contributed by atoms with Crippen LogP contribution in [0.15, 0.2) is 112 Å². The third kappa shape index (κ3) is 62.8. The van der Waals surface area contributed by atoms with Crippen LogP contribution in [-0.2, 0) is 52.5 Å². The number of carbonyl (C=O) groups excluding carboxylic acids is 5. The minimum Gasteiger partial charge on any atom is -0.478 e. The van der Waals surface area contributed by atoms with Gasteiger partial charge in [-0.25, -0.2) is 38.4 Å². The summed E-state index contributed by atoms with van der Waals surface area (Å²) in [5, 5.41) is 32.0. The maximum atomic E-state index is 11.6. The van der Waals surface area contributed by atoms with Gasteiger partial charge in [-0.05, 0) is 88.5 Å². The van der Waals surface area contributed by atoms with Gasteiger partial charge in [0.2, 0.25) is 0 Å². The molecule has 0 radical (unpaired) electrons. The van der Waals surface area contributed by atoms with E-state index in [4.69, 9.17) is 34.8 Å². The molecule has 1 aromatic carbocycles. The van der Waals surface area contributed by atoms with Crippen LogP contribution in [0, 0.1) is 11.3 Å². The molecule has 0 saturated heterocycles. The van der Waals surface area contributed by atoms with E-state index in [9.17, 15) is 38.4 Å². The highest BCUT2D eigenvalue weighted by Gasteiger charge is 2.15. The van der Waals surface area contributed by atoms with Crippen LogP contribution in [0.2, 0.25) is 0 Å². The Balaban J connectivity index is -0.000000269. The number of aliphatic carboxylic acids is 3. The van der Waals surface area contributed by atoms with E-state index in [0.29, 0.717) is 49.5 Å². The molecule has 426 valence electrons. The highest BCUT2D eigenvalue weighted by molar-refractivity contribution is 5.90. The van der Waals surface area contributed by atoms with Crippen molar-refractivity contribution in [2.45, 2.75) is 175 Å². The van der Waals surface area contributed by atoms with E-state index in [-0.39, 0.29) is 24.0 Å². The smallest absolute Gasteiger partial charge is 0.338 e. The molecule has 0 amide bonds. The zero-order valence-corrected chi connectivity index (χ0v) is 45.8. The summed E-state index contributed by atoms with van der Waals surface area (Å²) in [5.41, 5.74) is 0.786. The second-order valence-electron chi connectivity index (χ2n) is 16.2. The van der Waals surface area contributed by atoms with Crippen molar-refractivity contribution in [1.29, 1.82) is 5.26 Å². The van der Waals surface area contributed by atoms with Gasteiger partial charge in [-0.3, -0.25) is 0 Å². The number of benzene rings is 1. The van der Waals surface area contributed by atoms with Crippen molar-refractivity contribution in [3.63, 3.8) is 0 Å². The Hall–Kier alpha value is -7.35. The molecule has 2 rings (SSSR count). The average molecular weight is 1070 g/mol. The highest BCUT2D eigenvalue weighted by atomic mass is 16.6. The Bertz CT molecular complexity index is 1840. The van der Waals surface area contributed by atoms with Crippen molar-refractivity contribution in [3.8, 4) is 11.8 Å². The van der Waals surface area contributed by atoms with Gasteiger partial charge in [-0.1, -0.05) is 144 Å². The molecule has 0 spiro atoms. The molecule has 0 aliphatic heterocycles. The molecular weight excluding hydrogens is 979 g/mol. The fourth-order valence-corrected chi connectivity index (χ4v) is 5.45. The number of hydrogen-bond acceptors (Lipinski definition) is 14. The third-order valence-electron chi connectivity index (χ3n) is 9.69. The molecule has 1 aliphatic carbocycles. The second-order valence-corrected chi connectivity index (χ2v) is 16.2. The van der Waals surface area contributed by atoms with Crippen LogP contribution in [-0.4, -0.2) is 89.0 Å². The van der Waals surface area contributed by atoms with Crippen LogP contribution < -0.4 is 4.74 Å². The lowest BCUT2D eigenvalue weighted by Crippen LogP contribution is -2.19. The van der Waals surface area contributed by atoms with Gasteiger partial charge in [0, 0.05) is 48.5 Å². The topological polar surface area (TPSA) is 267 Å². The normalized spacial score (nSPS) is 10.4. The summed E-state index contributed by atoms with van der Waals surface area (Å²) in [5.74, 6) is -4.36. The Labute approximate surface area is 453 Å². The number of unbranched alkanes of at least 4 members (excludes halogenated alkanes) is 13. The van der Waals surface area contributed by atoms with Crippen molar-refractivity contribution in [2.24, 2.45) is 0 Å². The fourth-order valence-electron chi connectivity index (χ4n) is 5.45. The summed E-state index contributed by atoms with van der Waals surface area (Å²) in [6, 6.07) is 8.20. The molecular formula is C59H89NO16. The van der Waals surface area contributed by atoms with E-state index >= 15 is 0 Å². The highest BCUT2D eigenvalue weighted by Crippen LogP contribution is 2.20. The number of rotatable bonds is 31. The van der Waals surface area contributed by atoms with Gasteiger partial charge in [0.05, 0.1) is 31.5 Å². The first-order valence-corrected chi connectivity index (χ1v) is 25.9. The van der Waals surface area contributed by atoms with Gasteiger partial charge < -0.3 is 39.0 Å². The first kappa shape index (κ1) is 77.5. The van der Waals surface area contributed by atoms with Gasteiger partial charge in [-0.2, -0.15) is 5.26 Å². The molecule has 0 bridgehead atoms. The molecule has 17 heteroatoms. The largest absolute Gasteiger partial charge is 0.478 e. The van der Waals surface area contributed by atoms with Crippen LogP contribution in [0.1, 0.15) is 179 Å².